The monoisotopic (exact) mass is 579 g/mol. The minimum absolute atomic E-state index is 0.0273. The van der Waals surface area contributed by atoms with Gasteiger partial charge in [0.25, 0.3) is 0 Å². The van der Waals surface area contributed by atoms with E-state index in [1.807, 2.05) is 6.92 Å². The van der Waals surface area contributed by atoms with E-state index in [2.05, 4.69) is 20.9 Å². The first-order chi connectivity index (χ1) is 20.0. The summed E-state index contributed by atoms with van der Waals surface area (Å²) in [4.78, 5) is 56.1. The molecule has 0 saturated carbocycles. The van der Waals surface area contributed by atoms with E-state index in [1.165, 1.54) is 0 Å². The lowest BCUT2D eigenvalue weighted by Gasteiger charge is -2.24. The summed E-state index contributed by atoms with van der Waals surface area (Å²) < 4.78 is 0. The van der Waals surface area contributed by atoms with Crippen molar-refractivity contribution in [1.29, 1.82) is 5.41 Å². The summed E-state index contributed by atoms with van der Waals surface area (Å²) in [6.45, 7) is 2.19. The molecular formula is C29H41N9O4. The van der Waals surface area contributed by atoms with Crippen LogP contribution in [0.3, 0.4) is 0 Å². The van der Waals surface area contributed by atoms with E-state index in [1.54, 1.807) is 54.6 Å². The van der Waals surface area contributed by atoms with Crippen molar-refractivity contribution in [2.24, 2.45) is 33.8 Å². The molecular weight excluding hydrogens is 538 g/mol. The number of nitrogens with two attached hydrogens (primary N) is 4. The highest BCUT2D eigenvalue weighted by molar-refractivity contribution is 6.07. The van der Waals surface area contributed by atoms with Gasteiger partial charge in [-0.1, -0.05) is 62.2 Å². The third kappa shape index (κ3) is 11.3. The van der Waals surface area contributed by atoms with Crippen molar-refractivity contribution in [2.45, 2.75) is 57.5 Å². The smallest absolute Gasteiger partial charge is 0.243 e. The lowest BCUT2D eigenvalue weighted by molar-refractivity contribution is -0.136. The van der Waals surface area contributed by atoms with Crippen molar-refractivity contribution in [1.82, 2.24) is 10.6 Å². The minimum atomic E-state index is -1.20. The van der Waals surface area contributed by atoms with Gasteiger partial charge < -0.3 is 38.9 Å². The first-order valence-corrected chi connectivity index (χ1v) is 13.8. The standard InChI is InChI=1S/C29H41N9O4/c1-2-3-10-23(28(42)37-22(25(32)39)11-7-16-35-29(33)34)38-27(41)21(26(40)36-20-8-5-4-6-9-20)17-18-12-14-19(15-13-18)24(30)31/h4-6,8-9,12-15,21-23H,2-3,7,10-11,16-17H2,1H3,(H3,30,31)(H2,32,39)(H,36,40)(H,37,42)(H,38,41)(H4,33,34,35)/t21?,22-,23-/m0/s1. The van der Waals surface area contributed by atoms with Crippen LogP contribution in [0.5, 0.6) is 0 Å². The number of benzene rings is 2. The number of aliphatic imine (C=N–C) groups is 1. The Morgan fingerprint density at radius 3 is 2.00 bits per heavy atom. The van der Waals surface area contributed by atoms with Gasteiger partial charge in [0, 0.05) is 17.8 Å². The fourth-order valence-electron chi connectivity index (χ4n) is 4.12. The highest BCUT2D eigenvalue weighted by Gasteiger charge is 2.32. The second-order valence-corrected chi connectivity index (χ2v) is 9.84. The summed E-state index contributed by atoms with van der Waals surface area (Å²) in [5, 5.41) is 15.7. The number of amidine groups is 1. The predicted octanol–water partition coefficient (Wildman–Crippen LogP) is 0.467. The summed E-state index contributed by atoms with van der Waals surface area (Å²) in [5.74, 6) is -3.92. The Labute approximate surface area is 245 Å². The first-order valence-electron chi connectivity index (χ1n) is 13.8. The fraction of sp³-hybridized carbons (Fsp3) is 0.379. The number of rotatable bonds is 17. The molecule has 3 atom stereocenters. The molecule has 2 rings (SSSR count). The van der Waals surface area contributed by atoms with Crippen LogP contribution in [0.1, 0.15) is 50.2 Å². The van der Waals surface area contributed by atoms with Gasteiger partial charge in [0.2, 0.25) is 23.6 Å². The lowest BCUT2D eigenvalue weighted by atomic mass is 9.95. The van der Waals surface area contributed by atoms with Crippen molar-refractivity contribution in [2.75, 3.05) is 11.9 Å². The summed E-state index contributed by atoms with van der Waals surface area (Å²) in [6, 6.07) is 13.3. The molecule has 2 aromatic carbocycles. The summed E-state index contributed by atoms with van der Waals surface area (Å²) in [5.41, 5.74) is 23.4. The number of anilines is 1. The van der Waals surface area contributed by atoms with Gasteiger partial charge in [-0.3, -0.25) is 29.6 Å². The zero-order chi connectivity index (χ0) is 31.1. The molecule has 13 heteroatoms. The van der Waals surface area contributed by atoms with Crippen LogP contribution >= 0.6 is 0 Å². The third-order valence-electron chi connectivity index (χ3n) is 6.46. The molecule has 0 fully saturated rings. The highest BCUT2D eigenvalue weighted by Crippen LogP contribution is 2.16. The first kappa shape index (κ1) is 33.3. The normalized spacial score (nSPS) is 12.7. The zero-order valence-electron chi connectivity index (χ0n) is 23.8. The molecule has 1 unspecified atom stereocenters. The number of primary amides is 1. The van der Waals surface area contributed by atoms with Crippen LogP contribution < -0.4 is 38.9 Å². The van der Waals surface area contributed by atoms with E-state index < -0.39 is 41.6 Å². The maximum atomic E-state index is 13.6. The van der Waals surface area contributed by atoms with Crippen LogP contribution in [0.15, 0.2) is 59.6 Å². The Morgan fingerprint density at radius 2 is 1.43 bits per heavy atom. The number of unbranched alkanes of at least 4 members (excludes halogenated alkanes) is 1. The third-order valence-corrected chi connectivity index (χ3v) is 6.46. The van der Waals surface area contributed by atoms with E-state index in [0.29, 0.717) is 29.7 Å². The van der Waals surface area contributed by atoms with Crippen LogP contribution in [-0.4, -0.2) is 54.1 Å². The second kappa shape index (κ2) is 17.0. The number of carbonyl (C=O) groups excluding carboxylic acids is 4. The van der Waals surface area contributed by atoms with Gasteiger partial charge >= 0.3 is 0 Å². The van der Waals surface area contributed by atoms with Crippen molar-refractivity contribution in [3.05, 3.63) is 65.7 Å². The molecule has 4 amide bonds. The van der Waals surface area contributed by atoms with E-state index in [4.69, 9.17) is 28.3 Å². The number of nitrogen functional groups attached to an aromatic ring is 1. The molecule has 42 heavy (non-hydrogen) atoms. The highest BCUT2D eigenvalue weighted by atomic mass is 16.2. The number of nitrogens with zero attached hydrogens (tertiary/aromatic N) is 1. The fourth-order valence-corrected chi connectivity index (χ4v) is 4.12. The van der Waals surface area contributed by atoms with Gasteiger partial charge in [0.05, 0.1) is 0 Å². The van der Waals surface area contributed by atoms with Crippen LogP contribution in [0.25, 0.3) is 0 Å². The van der Waals surface area contributed by atoms with Crippen molar-refractivity contribution < 1.29 is 19.2 Å². The molecule has 0 aromatic heterocycles. The summed E-state index contributed by atoms with van der Waals surface area (Å²) >= 11 is 0. The van der Waals surface area contributed by atoms with E-state index in [9.17, 15) is 19.2 Å². The number of para-hydroxylation sites is 1. The molecule has 0 bridgehead atoms. The van der Waals surface area contributed by atoms with Crippen molar-refractivity contribution in [3.8, 4) is 0 Å². The van der Waals surface area contributed by atoms with Crippen molar-refractivity contribution in [3.63, 3.8) is 0 Å². The molecule has 0 heterocycles. The topological polar surface area (TPSA) is 245 Å². The second-order valence-electron chi connectivity index (χ2n) is 9.84. The number of amides is 4. The molecule has 0 aliphatic carbocycles. The van der Waals surface area contributed by atoms with E-state index >= 15 is 0 Å². The van der Waals surface area contributed by atoms with Gasteiger partial charge in [-0.15, -0.1) is 0 Å². The number of guanidine groups is 1. The Kier molecular flexibility index (Phi) is 13.5. The van der Waals surface area contributed by atoms with E-state index in [0.717, 1.165) is 6.42 Å². The number of hydrogen-bond donors (Lipinski definition) is 8. The average Bonchev–Trinajstić information content (AvgIpc) is 2.95. The Morgan fingerprint density at radius 1 is 0.810 bits per heavy atom. The van der Waals surface area contributed by atoms with Crippen molar-refractivity contribution >= 4 is 41.1 Å². The quantitative estimate of drug-likeness (QED) is 0.0569. The van der Waals surface area contributed by atoms with Gasteiger partial charge in [-0.2, -0.15) is 0 Å². The summed E-state index contributed by atoms with van der Waals surface area (Å²) in [7, 11) is 0. The summed E-state index contributed by atoms with van der Waals surface area (Å²) in [6.07, 6.45) is 2.26. The number of hydrogen-bond acceptors (Lipinski definition) is 6. The molecule has 0 saturated heterocycles. The minimum Gasteiger partial charge on any atom is -0.384 e. The molecule has 12 N–H and O–H groups in total. The molecule has 0 spiro atoms. The SMILES string of the molecule is CCCC[C@H](NC(=O)C(Cc1ccc(C(=N)N)cc1)C(=O)Nc1ccccc1)C(=O)N[C@@H](CCCN=C(N)N)C(N)=O. The Balaban J connectivity index is 2.24. The van der Waals surface area contributed by atoms with E-state index in [-0.39, 0.29) is 37.6 Å². The molecule has 13 nitrogen and oxygen atoms in total. The van der Waals surface area contributed by atoms with Crippen LogP contribution in [0.4, 0.5) is 5.69 Å². The van der Waals surface area contributed by atoms with Gasteiger partial charge in [-0.25, -0.2) is 0 Å². The number of nitrogens with one attached hydrogen (secondary N) is 4. The van der Waals surface area contributed by atoms with Crippen LogP contribution in [0.2, 0.25) is 0 Å². The van der Waals surface area contributed by atoms with Gasteiger partial charge in [-0.05, 0) is 43.4 Å². The van der Waals surface area contributed by atoms with Gasteiger partial charge in [0.15, 0.2) is 5.96 Å². The molecule has 2 aromatic rings. The molecule has 0 aliphatic rings. The van der Waals surface area contributed by atoms with Crippen LogP contribution in [0, 0.1) is 11.3 Å². The largest absolute Gasteiger partial charge is 0.384 e. The molecule has 0 radical (unpaired) electrons. The lowest BCUT2D eigenvalue weighted by Crippen LogP contribution is -2.54. The van der Waals surface area contributed by atoms with Crippen LogP contribution in [-0.2, 0) is 25.6 Å². The predicted molar refractivity (Wildman–Crippen MR) is 162 cm³/mol. The Bertz CT molecular complexity index is 1250. The maximum absolute atomic E-state index is 13.6. The average molecular weight is 580 g/mol. The van der Waals surface area contributed by atoms with Gasteiger partial charge in [0.1, 0.15) is 23.8 Å². The molecule has 0 aliphatic heterocycles. The maximum Gasteiger partial charge on any atom is 0.243 e. The zero-order valence-corrected chi connectivity index (χ0v) is 23.8. The molecule has 226 valence electrons. The Hall–Kier alpha value is -4.94. The number of carbonyl (C=O) groups is 4.